The average Bonchev–Trinajstić information content (AvgIpc) is 2.44. The molecule has 0 atom stereocenters. The van der Waals surface area contributed by atoms with Crippen LogP contribution in [0.4, 0.5) is 4.79 Å². The van der Waals surface area contributed by atoms with Gasteiger partial charge in [-0.2, -0.15) is 0 Å². The highest BCUT2D eigenvalue weighted by Gasteiger charge is 2.36. The van der Waals surface area contributed by atoms with Crippen LogP contribution in [0.3, 0.4) is 0 Å². The second-order valence-electron chi connectivity index (χ2n) is 4.14. The summed E-state index contributed by atoms with van der Waals surface area (Å²) in [5.41, 5.74) is 0. The van der Waals surface area contributed by atoms with Gasteiger partial charge in [0.1, 0.15) is 0 Å². The summed E-state index contributed by atoms with van der Waals surface area (Å²) in [4.78, 5) is 36.3. The maximum Gasteiger partial charge on any atom is 0.331 e. The largest absolute Gasteiger partial charge is 0.331 e. The number of nitrogens with zero attached hydrogens (tertiary/aromatic N) is 2. The third kappa shape index (κ3) is 2.79. The highest BCUT2D eigenvalue weighted by Crippen LogP contribution is 2.03. The molecule has 90 valence electrons. The monoisotopic (exact) mass is 227 g/mol. The number of hydrogen-bond donors (Lipinski definition) is 1. The van der Waals surface area contributed by atoms with E-state index in [-0.39, 0.29) is 6.54 Å². The van der Waals surface area contributed by atoms with E-state index in [0.29, 0.717) is 12.5 Å². The van der Waals surface area contributed by atoms with E-state index in [2.05, 4.69) is 18.7 Å². The van der Waals surface area contributed by atoms with Gasteiger partial charge in [0.2, 0.25) is 0 Å². The standard InChI is InChI=1S/C10H17N3O3/c1-7(2)12(3)5-4-6-13-9(15)8(14)11-10(13)16/h7H,4-6H2,1-3H3,(H,11,14,16). The first-order chi connectivity index (χ1) is 7.43. The minimum Gasteiger partial charge on any atom is -0.304 e. The van der Waals surface area contributed by atoms with Crippen LogP contribution in [0.25, 0.3) is 0 Å². The Bertz CT molecular complexity index is 314. The van der Waals surface area contributed by atoms with Gasteiger partial charge in [0.05, 0.1) is 0 Å². The van der Waals surface area contributed by atoms with E-state index in [1.54, 1.807) is 0 Å². The van der Waals surface area contributed by atoms with Crippen LogP contribution in [0.5, 0.6) is 0 Å². The first-order valence-electron chi connectivity index (χ1n) is 5.30. The van der Waals surface area contributed by atoms with Gasteiger partial charge in [0, 0.05) is 12.6 Å². The lowest BCUT2D eigenvalue weighted by atomic mass is 10.3. The Morgan fingerprint density at radius 3 is 2.38 bits per heavy atom. The number of urea groups is 1. The highest BCUT2D eigenvalue weighted by molar-refractivity contribution is 6.44. The number of hydrogen-bond acceptors (Lipinski definition) is 4. The summed E-state index contributed by atoms with van der Waals surface area (Å²) in [6.07, 6.45) is 0.668. The summed E-state index contributed by atoms with van der Waals surface area (Å²) in [5, 5.41) is 1.96. The Labute approximate surface area is 94.6 Å². The van der Waals surface area contributed by atoms with Crippen LogP contribution in [0.2, 0.25) is 0 Å². The molecule has 4 amide bonds. The van der Waals surface area contributed by atoms with Crippen molar-refractivity contribution in [1.82, 2.24) is 15.1 Å². The summed E-state index contributed by atoms with van der Waals surface area (Å²) < 4.78 is 0. The molecule has 1 N–H and O–H groups in total. The zero-order valence-corrected chi connectivity index (χ0v) is 9.82. The SMILES string of the molecule is CC(C)N(C)CCCN1C(=O)NC(=O)C1=O. The van der Waals surface area contributed by atoms with Crippen LogP contribution in [-0.4, -0.2) is 53.8 Å². The molecule has 0 aromatic carbocycles. The van der Waals surface area contributed by atoms with E-state index in [0.717, 1.165) is 11.4 Å². The lowest BCUT2D eigenvalue weighted by Gasteiger charge is -2.21. The van der Waals surface area contributed by atoms with Crippen molar-refractivity contribution in [3.63, 3.8) is 0 Å². The van der Waals surface area contributed by atoms with Gasteiger partial charge in [-0.25, -0.2) is 4.79 Å². The Kier molecular flexibility index (Phi) is 4.00. The Balaban J connectivity index is 2.36. The van der Waals surface area contributed by atoms with Crippen LogP contribution < -0.4 is 5.32 Å². The summed E-state index contributed by atoms with van der Waals surface area (Å²) in [7, 11) is 1.97. The molecule has 0 bridgehead atoms. The van der Waals surface area contributed by atoms with Crippen LogP contribution in [-0.2, 0) is 9.59 Å². The molecule has 0 aromatic heterocycles. The van der Waals surface area contributed by atoms with Gasteiger partial charge in [0.25, 0.3) is 0 Å². The number of amides is 4. The molecule has 1 fully saturated rings. The van der Waals surface area contributed by atoms with E-state index in [1.165, 1.54) is 0 Å². The zero-order valence-electron chi connectivity index (χ0n) is 9.82. The Morgan fingerprint density at radius 2 is 1.94 bits per heavy atom. The third-order valence-electron chi connectivity index (χ3n) is 2.68. The van der Waals surface area contributed by atoms with Crippen LogP contribution in [0, 0.1) is 0 Å². The fourth-order valence-electron chi connectivity index (χ4n) is 1.37. The molecule has 1 aliphatic heterocycles. The molecular formula is C10H17N3O3. The topological polar surface area (TPSA) is 69.7 Å². The first kappa shape index (κ1) is 12.6. The van der Waals surface area contributed by atoms with Gasteiger partial charge in [-0.3, -0.25) is 19.8 Å². The number of carbonyl (C=O) groups is 3. The van der Waals surface area contributed by atoms with Gasteiger partial charge >= 0.3 is 17.8 Å². The van der Waals surface area contributed by atoms with Crippen LogP contribution in [0.15, 0.2) is 0 Å². The predicted octanol–water partition coefficient (Wildman–Crippen LogP) is -0.205. The first-order valence-corrected chi connectivity index (χ1v) is 5.30. The van der Waals surface area contributed by atoms with Gasteiger partial charge in [0.15, 0.2) is 0 Å². The molecule has 0 radical (unpaired) electrons. The van der Waals surface area contributed by atoms with E-state index in [4.69, 9.17) is 0 Å². The normalized spacial score (nSPS) is 16.6. The van der Waals surface area contributed by atoms with Crippen molar-refractivity contribution >= 4 is 17.8 Å². The average molecular weight is 227 g/mol. The molecule has 0 unspecified atom stereocenters. The summed E-state index contributed by atoms with van der Waals surface area (Å²) in [6, 6.07) is -0.188. The van der Waals surface area contributed by atoms with Crippen molar-refractivity contribution in [2.45, 2.75) is 26.3 Å². The predicted molar refractivity (Wildman–Crippen MR) is 57.6 cm³/mol. The molecule has 0 spiro atoms. The summed E-state index contributed by atoms with van der Waals surface area (Å²) in [5.74, 6) is -1.58. The van der Waals surface area contributed by atoms with Crippen molar-refractivity contribution in [2.24, 2.45) is 0 Å². The minimum atomic E-state index is -0.831. The smallest absolute Gasteiger partial charge is 0.304 e. The van der Waals surface area contributed by atoms with Crippen LogP contribution in [0.1, 0.15) is 20.3 Å². The minimum absolute atomic E-state index is 0.285. The van der Waals surface area contributed by atoms with Gasteiger partial charge in [-0.05, 0) is 33.9 Å². The molecule has 16 heavy (non-hydrogen) atoms. The lowest BCUT2D eigenvalue weighted by molar-refractivity contribution is -0.140. The molecule has 6 heteroatoms. The van der Waals surface area contributed by atoms with Crippen LogP contribution >= 0.6 is 0 Å². The molecule has 0 aromatic rings. The second kappa shape index (κ2) is 5.07. The molecule has 1 saturated heterocycles. The highest BCUT2D eigenvalue weighted by atomic mass is 16.2. The third-order valence-corrected chi connectivity index (χ3v) is 2.68. The summed E-state index contributed by atoms with van der Waals surface area (Å²) in [6.45, 7) is 5.20. The molecule has 0 aliphatic carbocycles. The fraction of sp³-hybridized carbons (Fsp3) is 0.700. The zero-order chi connectivity index (χ0) is 12.3. The Morgan fingerprint density at radius 1 is 1.31 bits per heavy atom. The molecule has 1 heterocycles. The molecule has 6 nitrogen and oxygen atoms in total. The lowest BCUT2D eigenvalue weighted by Crippen LogP contribution is -2.35. The fourth-order valence-corrected chi connectivity index (χ4v) is 1.37. The molecule has 1 aliphatic rings. The molecule has 0 saturated carbocycles. The van der Waals surface area contributed by atoms with Gasteiger partial charge in [-0.1, -0.05) is 0 Å². The van der Waals surface area contributed by atoms with Crippen molar-refractivity contribution in [3.8, 4) is 0 Å². The quantitative estimate of drug-likeness (QED) is 0.521. The maximum atomic E-state index is 11.2. The summed E-state index contributed by atoms with van der Waals surface area (Å²) >= 11 is 0. The number of rotatable bonds is 5. The van der Waals surface area contributed by atoms with Gasteiger partial charge in [-0.15, -0.1) is 0 Å². The van der Waals surface area contributed by atoms with E-state index >= 15 is 0 Å². The number of nitrogens with one attached hydrogen (secondary N) is 1. The van der Waals surface area contributed by atoms with Crippen molar-refractivity contribution in [1.29, 1.82) is 0 Å². The molecular weight excluding hydrogens is 210 g/mol. The van der Waals surface area contributed by atoms with Gasteiger partial charge < -0.3 is 4.90 Å². The van der Waals surface area contributed by atoms with E-state index in [9.17, 15) is 14.4 Å². The number of imide groups is 2. The van der Waals surface area contributed by atoms with Crippen molar-refractivity contribution in [2.75, 3.05) is 20.1 Å². The van der Waals surface area contributed by atoms with Crippen molar-refractivity contribution < 1.29 is 14.4 Å². The van der Waals surface area contributed by atoms with E-state index in [1.807, 2.05) is 12.4 Å². The Hall–Kier alpha value is -1.43. The second-order valence-corrected chi connectivity index (χ2v) is 4.14. The number of carbonyl (C=O) groups excluding carboxylic acids is 3. The molecule has 1 rings (SSSR count). The maximum absolute atomic E-state index is 11.2. The van der Waals surface area contributed by atoms with Crippen molar-refractivity contribution in [3.05, 3.63) is 0 Å². The van der Waals surface area contributed by atoms with E-state index < -0.39 is 17.8 Å².